The predicted octanol–water partition coefficient (Wildman–Crippen LogP) is 2.41. The SMILES string of the molecule is CC=CCCOCCOCCOCCC. The van der Waals surface area contributed by atoms with E-state index in [0.29, 0.717) is 26.4 Å². The summed E-state index contributed by atoms with van der Waals surface area (Å²) in [4.78, 5) is 0. The lowest BCUT2D eigenvalue weighted by Gasteiger charge is -2.05. The Bertz CT molecular complexity index is 135. The van der Waals surface area contributed by atoms with Gasteiger partial charge in [-0.25, -0.2) is 0 Å². The van der Waals surface area contributed by atoms with E-state index >= 15 is 0 Å². The third-order valence-corrected chi connectivity index (χ3v) is 1.76. The molecule has 0 saturated carbocycles. The molecule has 0 spiro atoms. The first kappa shape index (κ1) is 14.6. The number of rotatable bonds is 11. The van der Waals surface area contributed by atoms with Crippen LogP contribution in [0.5, 0.6) is 0 Å². The zero-order valence-corrected chi connectivity index (χ0v) is 10.0. The summed E-state index contributed by atoms with van der Waals surface area (Å²) in [6.45, 7) is 8.39. The number of allylic oxidation sites excluding steroid dienone is 1. The Kier molecular flexibility index (Phi) is 13.3. The fraction of sp³-hybridized carbons (Fsp3) is 0.833. The van der Waals surface area contributed by atoms with Gasteiger partial charge in [0.05, 0.1) is 33.0 Å². The molecule has 0 heterocycles. The van der Waals surface area contributed by atoms with Gasteiger partial charge in [-0.3, -0.25) is 0 Å². The van der Waals surface area contributed by atoms with E-state index in [1.807, 2.05) is 13.0 Å². The van der Waals surface area contributed by atoms with Crippen LogP contribution in [0.3, 0.4) is 0 Å². The van der Waals surface area contributed by atoms with E-state index in [4.69, 9.17) is 14.2 Å². The molecule has 0 aliphatic rings. The van der Waals surface area contributed by atoms with Crippen molar-refractivity contribution in [2.24, 2.45) is 0 Å². The molecule has 0 aromatic carbocycles. The van der Waals surface area contributed by atoms with E-state index in [1.165, 1.54) is 0 Å². The lowest BCUT2D eigenvalue weighted by atomic mass is 10.4. The molecule has 0 unspecified atom stereocenters. The van der Waals surface area contributed by atoms with Gasteiger partial charge in [-0.15, -0.1) is 0 Å². The van der Waals surface area contributed by atoms with Crippen molar-refractivity contribution in [2.75, 3.05) is 39.6 Å². The van der Waals surface area contributed by atoms with E-state index in [-0.39, 0.29) is 0 Å². The molecule has 0 rings (SSSR count). The van der Waals surface area contributed by atoms with Crippen molar-refractivity contribution in [3.05, 3.63) is 12.2 Å². The minimum atomic E-state index is 0.658. The van der Waals surface area contributed by atoms with Crippen molar-refractivity contribution in [1.82, 2.24) is 0 Å². The van der Waals surface area contributed by atoms with Crippen LogP contribution in [0.15, 0.2) is 12.2 Å². The Morgan fingerprint density at radius 3 is 1.87 bits per heavy atom. The molecule has 0 aromatic rings. The van der Waals surface area contributed by atoms with E-state index < -0.39 is 0 Å². The highest BCUT2D eigenvalue weighted by Gasteiger charge is 1.90. The molecule has 0 aliphatic carbocycles. The molecule has 90 valence electrons. The van der Waals surface area contributed by atoms with Crippen LogP contribution in [0.4, 0.5) is 0 Å². The number of hydrogen-bond donors (Lipinski definition) is 0. The van der Waals surface area contributed by atoms with Crippen LogP contribution in [0.1, 0.15) is 26.7 Å². The summed E-state index contributed by atoms with van der Waals surface area (Å²) in [5.41, 5.74) is 0. The normalized spacial score (nSPS) is 11.3. The molecule has 0 radical (unpaired) electrons. The first-order chi connectivity index (χ1) is 7.41. The molecule has 0 aliphatic heterocycles. The maximum Gasteiger partial charge on any atom is 0.0701 e. The van der Waals surface area contributed by atoms with Crippen molar-refractivity contribution >= 4 is 0 Å². The van der Waals surface area contributed by atoms with Crippen molar-refractivity contribution < 1.29 is 14.2 Å². The Morgan fingerprint density at radius 2 is 1.33 bits per heavy atom. The van der Waals surface area contributed by atoms with Gasteiger partial charge in [0.15, 0.2) is 0 Å². The molecule has 0 fully saturated rings. The van der Waals surface area contributed by atoms with Crippen molar-refractivity contribution in [3.63, 3.8) is 0 Å². The van der Waals surface area contributed by atoms with Gasteiger partial charge in [-0.1, -0.05) is 19.1 Å². The minimum Gasteiger partial charge on any atom is -0.379 e. The lowest BCUT2D eigenvalue weighted by Crippen LogP contribution is -2.09. The van der Waals surface area contributed by atoms with Crippen LogP contribution in [-0.2, 0) is 14.2 Å². The van der Waals surface area contributed by atoms with Gasteiger partial charge in [-0.2, -0.15) is 0 Å². The summed E-state index contributed by atoms with van der Waals surface area (Å²) in [5, 5.41) is 0. The van der Waals surface area contributed by atoms with Crippen LogP contribution in [0.25, 0.3) is 0 Å². The van der Waals surface area contributed by atoms with Crippen molar-refractivity contribution in [3.8, 4) is 0 Å². The first-order valence-corrected chi connectivity index (χ1v) is 5.76. The molecule has 0 bridgehead atoms. The Labute approximate surface area is 93.4 Å². The molecular formula is C12H24O3. The topological polar surface area (TPSA) is 27.7 Å². The summed E-state index contributed by atoms with van der Waals surface area (Å²) in [5.74, 6) is 0. The van der Waals surface area contributed by atoms with Gasteiger partial charge in [0, 0.05) is 6.61 Å². The maximum absolute atomic E-state index is 5.35. The quantitative estimate of drug-likeness (QED) is 0.392. The summed E-state index contributed by atoms with van der Waals surface area (Å²) < 4.78 is 15.9. The zero-order valence-electron chi connectivity index (χ0n) is 10.0. The van der Waals surface area contributed by atoms with Gasteiger partial charge >= 0.3 is 0 Å². The standard InChI is InChI=1S/C12H24O3/c1-3-5-6-8-14-10-12-15-11-9-13-7-4-2/h3,5H,4,6-12H2,1-2H3. The van der Waals surface area contributed by atoms with E-state index in [2.05, 4.69) is 13.0 Å². The molecule has 0 atom stereocenters. The average molecular weight is 216 g/mol. The highest BCUT2D eigenvalue weighted by Crippen LogP contribution is 1.86. The molecule has 3 heteroatoms. The smallest absolute Gasteiger partial charge is 0.0701 e. The first-order valence-electron chi connectivity index (χ1n) is 5.76. The van der Waals surface area contributed by atoms with Crippen LogP contribution < -0.4 is 0 Å². The molecule has 0 saturated heterocycles. The monoisotopic (exact) mass is 216 g/mol. The molecule has 3 nitrogen and oxygen atoms in total. The Hall–Kier alpha value is -0.380. The third kappa shape index (κ3) is 13.6. The highest BCUT2D eigenvalue weighted by molar-refractivity contribution is 4.75. The molecular weight excluding hydrogens is 192 g/mol. The highest BCUT2D eigenvalue weighted by atomic mass is 16.5. The Morgan fingerprint density at radius 1 is 0.800 bits per heavy atom. The van der Waals surface area contributed by atoms with Gasteiger partial charge in [0.2, 0.25) is 0 Å². The largest absolute Gasteiger partial charge is 0.379 e. The fourth-order valence-corrected chi connectivity index (χ4v) is 1.00. The third-order valence-electron chi connectivity index (χ3n) is 1.76. The molecule has 0 aromatic heterocycles. The number of ether oxygens (including phenoxy) is 3. The second-order valence-electron chi connectivity index (χ2n) is 3.19. The van der Waals surface area contributed by atoms with Crippen molar-refractivity contribution in [1.29, 1.82) is 0 Å². The summed E-state index contributed by atoms with van der Waals surface area (Å²) in [7, 11) is 0. The van der Waals surface area contributed by atoms with E-state index in [1.54, 1.807) is 0 Å². The van der Waals surface area contributed by atoms with Gasteiger partial charge < -0.3 is 14.2 Å². The number of hydrogen-bond acceptors (Lipinski definition) is 3. The average Bonchev–Trinajstić information content (AvgIpc) is 2.26. The predicted molar refractivity (Wildman–Crippen MR) is 62.2 cm³/mol. The van der Waals surface area contributed by atoms with Gasteiger partial charge in [-0.05, 0) is 19.8 Å². The fourth-order valence-electron chi connectivity index (χ4n) is 1.00. The molecule has 15 heavy (non-hydrogen) atoms. The summed E-state index contributed by atoms with van der Waals surface area (Å²) in [6.07, 6.45) is 6.18. The van der Waals surface area contributed by atoms with Crippen LogP contribution in [0.2, 0.25) is 0 Å². The van der Waals surface area contributed by atoms with Gasteiger partial charge in [0.25, 0.3) is 0 Å². The van der Waals surface area contributed by atoms with Gasteiger partial charge in [0.1, 0.15) is 0 Å². The zero-order chi connectivity index (χ0) is 11.2. The second kappa shape index (κ2) is 13.6. The maximum atomic E-state index is 5.35. The van der Waals surface area contributed by atoms with Crippen LogP contribution >= 0.6 is 0 Å². The molecule has 0 amide bonds. The van der Waals surface area contributed by atoms with Crippen LogP contribution in [-0.4, -0.2) is 39.6 Å². The Balaban J connectivity index is 2.86. The van der Waals surface area contributed by atoms with Crippen molar-refractivity contribution in [2.45, 2.75) is 26.7 Å². The van der Waals surface area contributed by atoms with E-state index in [0.717, 1.165) is 26.1 Å². The summed E-state index contributed by atoms with van der Waals surface area (Å²) in [6, 6.07) is 0. The van der Waals surface area contributed by atoms with E-state index in [9.17, 15) is 0 Å². The minimum absolute atomic E-state index is 0.658. The molecule has 0 N–H and O–H groups in total. The lowest BCUT2D eigenvalue weighted by molar-refractivity contribution is 0.0155. The second-order valence-corrected chi connectivity index (χ2v) is 3.19. The summed E-state index contributed by atoms with van der Waals surface area (Å²) >= 11 is 0. The van der Waals surface area contributed by atoms with Crippen LogP contribution in [0, 0.1) is 0 Å².